The van der Waals surface area contributed by atoms with Crippen molar-refractivity contribution >= 4 is 9.84 Å². The van der Waals surface area contributed by atoms with E-state index in [0.29, 0.717) is 18.0 Å². The first-order chi connectivity index (χ1) is 11.6. The fraction of sp³-hybridized carbons (Fsp3) is 0.500. The minimum absolute atomic E-state index is 0.0485. The van der Waals surface area contributed by atoms with Crippen LogP contribution in [0.4, 0.5) is 0 Å². The second kappa shape index (κ2) is 6.27. The van der Waals surface area contributed by atoms with Crippen molar-refractivity contribution in [1.29, 1.82) is 0 Å². The molecule has 7 nitrogen and oxygen atoms in total. The molecule has 2 aliphatic rings. The third-order valence-electron chi connectivity index (χ3n) is 4.80. The van der Waals surface area contributed by atoms with Crippen molar-refractivity contribution in [3.63, 3.8) is 0 Å². The van der Waals surface area contributed by atoms with Crippen molar-refractivity contribution < 1.29 is 13.2 Å². The van der Waals surface area contributed by atoms with Crippen molar-refractivity contribution in [3.8, 4) is 0 Å². The van der Waals surface area contributed by atoms with E-state index in [9.17, 15) is 8.42 Å². The molecule has 0 amide bonds. The first-order valence-corrected chi connectivity index (χ1v) is 9.79. The standard InChI is InChI=1S/C16H20N4O3S/c21-24(22,14-4-2-1-3-5-14)9-8-19-7-6-15-16(11-19)23-12-13-10-17-18-20(13)15/h1-5,10,15-16H,6-9,11-12H2/t15-,16-/m0/s1. The molecule has 0 saturated carbocycles. The Bertz CT molecular complexity index is 806. The first kappa shape index (κ1) is 15.7. The maximum absolute atomic E-state index is 12.4. The summed E-state index contributed by atoms with van der Waals surface area (Å²) in [6, 6.07) is 8.84. The third kappa shape index (κ3) is 2.97. The average Bonchev–Trinajstić information content (AvgIpc) is 3.10. The summed E-state index contributed by atoms with van der Waals surface area (Å²) < 4.78 is 32.7. The molecular weight excluding hydrogens is 328 g/mol. The molecule has 8 heteroatoms. The van der Waals surface area contributed by atoms with Gasteiger partial charge in [-0.2, -0.15) is 0 Å². The maximum atomic E-state index is 12.4. The molecule has 1 aromatic heterocycles. The molecule has 0 aliphatic carbocycles. The number of hydrogen-bond acceptors (Lipinski definition) is 6. The number of aromatic nitrogens is 3. The van der Waals surface area contributed by atoms with E-state index in [1.165, 1.54) is 0 Å². The van der Waals surface area contributed by atoms with Crippen molar-refractivity contribution in [1.82, 2.24) is 19.9 Å². The number of piperidine rings is 1. The van der Waals surface area contributed by atoms with E-state index >= 15 is 0 Å². The molecule has 24 heavy (non-hydrogen) atoms. The van der Waals surface area contributed by atoms with Crippen LogP contribution in [-0.4, -0.2) is 59.8 Å². The van der Waals surface area contributed by atoms with Crippen LogP contribution < -0.4 is 0 Å². The molecule has 2 aliphatic heterocycles. The molecule has 1 saturated heterocycles. The minimum Gasteiger partial charge on any atom is -0.368 e. The van der Waals surface area contributed by atoms with Crippen LogP contribution in [0, 0.1) is 0 Å². The SMILES string of the molecule is O=S(=O)(CCN1CC[C@H]2[C@H](C1)OCc1cnnn12)c1ccccc1. The van der Waals surface area contributed by atoms with E-state index in [0.717, 1.165) is 25.2 Å². The summed E-state index contributed by atoms with van der Waals surface area (Å²) in [4.78, 5) is 2.56. The molecule has 0 unspecified atom stereocenters. The normalized spacial score (nSPS) is 24.3. The fourth-order valence-electron chi connectivity index (χ4n) is 3.45. The number of likely N-dealkylation sites (tertiary alicyclic amines) is 1. The molecule has 0 bridgehead atoms. The highest BCUT2D eigenvalue weighted by atomic mass is 32.2. The zero-order valence-electron chi connectivity index (χ0n) is 13.3. The zero-order valence-corrected chi connectivity index (χ0v) is 14.1. The van der Waals surface area contributed by atoms with Gasteiger partial charge in [-0.15, -0.1) is 5.10 Å². The van der Waals surface area contributed by atoms with Gasteiger partial charge in [0.05, 0.1) is 41.3 Å². The molecule has 1 aromatic carbocycles. The maximum Gasteiger partial charge on any atom is 0.179 e. The van der Waals surface area contributed by atoms with Crippen LogP contribution in [0.5, 0.6) is 0 Å². The van der Waals surface area contributed by atoms with Gasteiger partial charge in [-0.25, -0.2) is 13.1 Å². The molecule has 4 rings (SSSR count). The highest BCUT2D eigenvalue weighted by molar-refractivity contribution is 7.91. The van der Waals surface area contributed by atoms with Gasteiger partial charge in [0.25, 0.3) is 0 Å². The smallest absolute Gasteiger partial charge is 0.179 e. The Morgan fingerprint density at radius 2 is 2.08 bits per heavy atom. The lowest BCUT2D eigenvalue weighted by Crippen LogP contribution is -2.49. The third-order valence-corrected chi connectivity index (χ3v) is 6.51. The van der Waals surface area contributed by atoms with Crippen LogP contribution in [0.1, 0.15) is 18.2 Å². The lowest BCUT2D eigenvalue weighted by molar-refractivity contribution is -0.0677. The van der Waals surface area contributed by atoms with Crippen LogP contribution in [0.15, 0.2) is 41.4 Å². The van der Waals surface area contributed by atoms with Gasteiger partial charge in [0.2, 0.25) is 0 Å². The van der Waals surface area contributed by atoms with E-state index < -0.39 is 9.84 Å². The van der Waals surface area contributed by atoms with E-state index in [1.807, 2.05) is 10.7 Å². The van der Waals surface area contributed by atoms with Gasteiger partial charge in [0.15, 0.2) is 9.84 Å². The topological polar surface area (TPSA) is 77.3 Å². The van der Waals surface area contributed by atoms with Crippen LogP contribution in [-0.2, 0) is 21.2 Å². The second-order valence-corrected chi connectivity index (χ2v) is 8.42. The predicted octanol–water partition coefficient (Wildman–Crippen LogP) is 0.898. The van der Waals surface area contributed by atoms with Gasteiger partial charge >= 0.3 is 0 Å². The van der Waals surface area contributed by atoms with Crippen LogP contribution in [0.3, 0.4) is 0 Å². The summed E-state index contributed by atoms with van der Waals surface area (Å²) in [7, 11) is -3.24. The van der Waals surface area contributed by atoms with E-state index in [-0.39, 0.29) is 17.9 Å². The molecule has 2 atom stereocenters. The number of sulfone groups is 1. The van der Waals surface area contributed by atoms with Crippen molar-refractivity contribution in [2.24, 2.45) is 0 Å². The highest BCUT2D eigenvalue weighted by Crippen LogP contribution is 2.30. The molecule has 2 aromatic rings. The molecule has 3 heterocycles. The van der Waals surface area contributed by atoms with Crippen molar-refractivity contribution in [2.45, 2.75) is 30.1 Å². The number of hydrogen-bond donors (Lipinski definition) is 0. The highest BCUT2D eigenvalue weighted by Gasteiger charge is 2.36. The van der Waals surface area contributed by atoms with Gasteiger partial charge in [-0.1, -0.05) is 23.4 Å². The largest absolute Gasteiger partial charge is 0.368 e. The Balaban J connectivity index is 1.38. The lowest BCUT2D eigenvalue weighted by atomic mass is 10.0. The Morgan fingerprint density at radius 1 is 1.25 bits per heavy atom. The molecular formula is C16H20N4O3S. The number of rotatable bonds is 4. The first-order valence-electron chi connectivity index (χ1n) is 8.14. The van der Waals surface area contributed by atoms with Crippen molar-refractivity contribution in [2.75, 3.05) is 25.4 Å². The van der Waals surface area contributed by atoms with Gasteiger partial charge in [-0.05, 0) is 18.6 Å². The Labute approximate surface area is 141 Å². The van der Waals surface area contributed by atoms with Crippen LogP contribution in [0.25, 0.3) is 0 Å². The molecule has 1 fully saturated rings. The summed E-state index contributed by atoms with van der Waals surface area (Å²) in [6.45, 7) is 2.61. The second-order valence-electron chi connectivity index (χ2n) is 6.31. The van der Waals surface area contributed by atoms with Gasteiger partial charge in [-0.3, -0.25) is 4.90 Å². The number of fused-ring (bicyclic) bond motifs is 3. The van der Waals surface area contributed by atoms with Crippen LogP contribution in [0.2, 0.25) is 0 Å². The monoisotopic (exact) mass is 348 g/mol. The van der Waals surface area contributed by atoms with E-state index in [2.05, 4.69) is 15.2 Å². The predicted molar refractivity (Wildman–Crippen MR) is 87.2 cm³/mol. The zero-order chi connectivity index (χ0) is 16.6. The Kier molecular flexibility index (Phi) is 4.11. The summed E-state index contributed by atoms with van der Waals surface area (Å²) in [5.41, 5.74) is 1.01. The molecule has 0 N–H and O–H groups in total. The Hall–Kier alpha value is -1.77. The number of benzene rings is 1. The summed E-state index contributed by atoms with van der Waals surface area (Å²) in [5.74, 6) is 0.128. The van der Waals surface area contributed by atoms with Crippen molar-refractivity contribution in [3.05, 3.63) is 42.2 Å². The fourth-order valence-corrected chi connectivity index (χ4v) is 4.76. The Morgan fingerprint density at radius 3 is 2.92 bits per heavy atom. The minimum atomic E-state index is -3.24. The summed E-state index contributed by atoms with van der Waals surface area (Å²) in [6.07, 6.45) is 2.69. The number of ether oxygens (including phenoxy) is 1. The quantitative estimate of drug-likeness (QED) is 0.817. The summed E-state index contributed by atoms with van der Waals surface area (Å²) in [5, 5.41) is 8.12. The van der Waals surface area contributed by atoms with E-state index in [4.69, 9.17) is 4.74 Å². The average molecular weight is 348 g/mol. The van der Waals surface area contributed by atoms with Gasteiger partial charge < -0.3 is 4.74 Å². The molecule has 0 radical (unpaired) electrons. The summed E-state index contributed by atoms with van der Waals surface area (Å²) >= 11 is 0. The van der Waals surface area contributed by atoms with Gasteiger partial charge in [0.1, 0.15) is 0 Å². The number of nitrogens with zero attached hydrogens (tertiary/aromatic N) is 4. The van der Waals surface area contributed by atoms with E-state index in [1.54, 1.807) is 30.5 Å². The van der Waals surface area contributed by atoms with Gasteiger partial charge in [0, 0.05) is 19.6 Å². The molecule has 128 valence electrons. The lowest BCUT2D eigenvalue weighted by Gasteiger charge is -2.40. The molecule has 0 spiro atoms. The van der Waals surface area contributed by atoms with Crippen LogP contribution >= 0.6 is 0 Å².